The third-order valence-corrected chi connectivity index (χ3v) is 4.81. The molecule has 0 saturated carbocycles. The molecule has 1 N–H and O–H groups in total. The Balaban J connectivity index is 1.57. The summed E-state index contributed by atoms with van der Waals surface area (Å²) in [7, 11) is 0. The second-order valence-electron chi connectivity index (χ2n) is 6.14. The van der Waals surface area contributed by atoms with Gasteiger partial charge in [-0.2, -0.15) is 0 Å². The predicted molar refractivity (Wildman–Crippen MR) is 94.0 cm³/mol. The first-order chi connectivity index (χ1) is 11.1. The highest BCUT2D eigenvalue weighted by molar-refractivity contribution is 8.14. The average molecular weight is 333 g/mol. The number of morpholine rings is 1. The van der Waals surface area contributed by atoms with Gasteiger partial charge in [0.15, 0.2) is 5.17 Å². The number of benzene rings is 1. The van der Waals surface area contributed by atoms with Gasteiger partial charge in [0.1, 0.15) is 0 Å². The van der Waals surface area contributed by atoms with Crippen molar-refractivity contribution < 1.29 is 9.53 Å². The summed E-state index contributed by atoms with van der Waals surface area (Å²) in [5, 5.41) is 3.59. The number of hydrogen-bond acceptors (Lipinski definition) is 5. The number of nitrogens with zero attached hydrogens (tertiary/aromatic N) is 2. The molecule has 0 aromatic heterocycles. The highest BCUT2D eigenvalue weighted by atomic mass is 32.2. The van der Waals surface area contributed by atoms with Crippen LogP contribution in [0.4, 0.5) is 0 Å². The molecule has 1 amide bonds. The SMILES string of the molecule is C[C@@H]1CN(Cc2ccc(C(=O)NC3=NCCS3)cc2)C[C@@H](C)O1. The lowest BCUT2D eigenvalue weighted by molar-refractivity contribution is -0.0704. The average Bonchev–Trinajstić information content (AvgIpc) is 3.00. The second kappa shape index (κ2) is 7.47. The monoisotopic (exact) mass is 333 g/mol. The fourth-order valence-electron chi connectivity index (χ4n) is 3.01. The number of thioether (sulfide) groups is 1. The van der Waals surface area contributed by atoms with Gasteiger partial charge >= 0.3 is 0 Å². The first kappa shape index (κ1) is 16.5. The van der Waals surface area contributed by atoms with Gasteiger partial charge < -0.3 is 10.1 Å². The van der Waals surface area contributed by atoms with Gasteiger partial charge in [0.05, 0.1) is 18.8 Å². The van der Waals surface area contributed by atoms with E-state index in [4.69, 9.17) is 4.74 Å². The molecule has 2 atom stereocenters. The minimum Gasteiger partial charge on any atom is -0.373 e. The maximum atomic E-state index is 12.2. The lowest BCUT2D eigenvalue weighted by Gasteiger charge is -2.35. The molecule has 5 nitrogen and oxygen atoms in total. The number of amides is 1. The maximum Gasteiger partial charge on any atom is 0.257 e. The van der Waals surface area contributed by atoms with E-state index in [0.717, 1.165) is 37.1 Å². The molecule has 1 saturated heterocycles. The van der Waals surface area contributed by atoms with Gasteiger partial charge in [0, 0.05) is 31.0 Å². The Bertz CT molecular complexity index is 578. The highest BCUT2D eigenvalue weighted by Gasteiger charge is 2.22. The van der Waals surface area contributed by atoms with Crippen molar-refractivity contribution in [1.82, 2.24) is 10.2 Å². The number of amidine groups is 1. The summed E-state index contributed by atoms with van der Waals surface area (Å²) < 4.78 is 5.76. The van der Waals surface area contributed by atoms with Crippen molar-refractivity contribution in [3.63, 3.8) is 0 Å². The molecule has 124 valence electrons. The predicted octanol–water partition coefficient (Wildman–Crippen LogP) is 2.13. The van der Waals surface area contributed by atoms with Gasteiger partial charge in [-0.15, -0.1) is 0 Å². The fraction of sp³-hybridized carbons (Fsp3) is 0.529. The van der Waals surface area contributed by atoms with Crippen LogP contribution in [-0.4, -0.2) is 53.6 Å². The Labute approximate surface area is 141 Å². The number of carbonyl (C=O) groups is 1. The van der Waals surface area contributed by atoms with Gasteiger partial charge in [-0.1, -0.05) is 23.9 Å². The minimum absolute atomic E-state index is 0.0849. The summed E-state index contributed by atoms with van der Waals surface area (Å²) in [6, 6.07) is 7.84. The van der Waals surface area contributed by atoms with E-state index in [1.807, 2.05) is 24.3 Å². The number of carbonyl (C=O) groups excluding carboxylic acids is 1. The van der Waals surface area contributed by atoms with Crippen LogP contribution in [0, 0.1) is 0 Å². The molecule has 23 heavy (non-hydrogen) atoms. The van der Waals surface area contributed by atoms with Crippen LogP contribution in [0.15, 0.2) is 29.3 Å². The van der Waals surface area contributed by atoms with Crippen molar-refractivity contribution in [2.75, 3.05) is 25.4 Å². The van der Waals surface area contributed by atoms with Crippen molar-refractivity contribution in [2.45, 2.75) is 32.6 Å². The maximum absolute atomic E-state index is 12.2. The molecule has 0 bridgehead atoms. The molecular weight excluding hydrogens is 310 g/mol. The third kappa shape index (κ3) is 4.56. The summed E-state index contributed by atoms with van der Waals surface area (Å²) in [5.74, 6) is 0.864. The molecule has 2 aliphatic rings. The standard InChI is InChI=1S/C17H23N3O2S/c1-12-9-20(10-13(2)22-12)11-14-3-5-15(6-4-14)16(21)19-17-18-7-8-23-17/h3-6,12-13H,7-11H2,1-2H3,(H,18,19,21)/t12-,13-/m1/s1. The van der Waals surface area contributed by atoms with E-state index in [0.29, 0.717) is 5.56 Å². The molecule has 1 fully saturated rings. The third-order valence-electron chi connectivity index (χ3n) is 3.92. The van der Waals surface area contributed by atoms with Crippen LogP contribution in [0.5, 0.6) is 0 Å². The quantitative estimate of drug-likeness (QED) is 0.921. The number of rotatable bonds is 3. The minimum atomic E-state index is -0.0849. The second-order valence-corrected chi connectivity index (χ2v) is 7.22. The summed E-state index contributed by atoms with van der Waals surface area (Å²) in [6.07, 6.45) is 0.543. The summed E-state index contributed by atoms with van der Waals surface area (Å²) in [6.45, 7) is 7.80. The normalized spacial score (nSPS) is 25.2. The summed E-state index contributed by atoms with van der Waals surface area (Å²) in [4.78, 5) is 18.8. The molecule has 0 unspecified atom stereocenters. The summed E-state index contributed by atoms with van der Waals surface area (Å²) in [5.41, 5.74) is 1.89. The zero-order chi connectivity index (χ0) is 16.2. The first-order valence-electron chi connectivity index (χ1n) is 8.05. The van der Waals surface area contributed by atoms with Crippen molar-refractivity contribution in [3.8, 4) is 0 Å². The zero-order valence-electron chi connectivity index (χ0n) is 13.6. The van der Waals surface area contributed by atoms with Gasteiger partial charge in [0.25, 0.3) is 5.91 Å². The van der Waals surface area contributed by atoms with Crippen LogP contribution in [0.2, 0.25) is 0 Å². The van der Waals surface area contributed by atoms with Crippen LogP contribution in [0.3, 0.4) is 0 Å². The molecule has 3 rings (SSSR count). The smallest absolute Gasteiger partial charge is 0.257 e. The number of nitrogens with one attached hydrogen (secondary N) is 1. The van der Waals surface area contributed by atoms with E-state index in [-0.39, 0.29) is 18.1 Å². The van der Waals surface area contributed by atoms with Gasteiger partial charge in [-0.05, 0) is 31.5 Å². The number of hydrogen-bond donors (Lipinski definition) is 1. The van der Waals surface area contributed by atoms with Crippen molar-refractivity contribution in [2.24, 2.45) is 4.99 Å². The van der Waals surface area contributed by atoms with Crippen molar-refractivity contribution in [3.05, 3.63) is 35.4 Å². The number of aliphatic imine (C=N–C) groups is 1. The Morgan fingerprint density at radius 1 is 1.30 bits per heavy atom. The van der Waals surface area contributed by atoms with E-state index in [1.54, 1.807) is 11.8 Å². The number of ether oxygens (including phenoxy) is 1. The van der Waals surface area contributed by atoms with E-state index in [1.165, 1.54) is 5.56 Å². The Morgan fingerprint density at radius 2 is 2.00 bits per heavy atom. The molecule has 1 aromatic rings. The highest BCUT2D eigenvalue weighted by Crippen LogP contribution is 2.15. The Hall–Kier alpha value is -1.37. The van der Waals surface area contributed by atoms with Crippen LogP contribution in [0.25, 0.3) is 0 Å². The molecule has 6 heteroatoms. The van der Waals surface area contributed by atoms with Crippen LogP contribution < -0.4 is 5.32 Å². The molecule has 0 radical (unpaired) electrons. The van der Waals surface area contributed by atoms with E-state index < -0.39 is 0 Å². The molecule has 0 spiro atoms. The molecule has 0 aliphatic carbocycles. The van der Waals surface area contributed by atoms with Crippen LogP contribution >= 0.6 is 11.8 Å². The van der Waals surface area contributed by atoms with Crippen LogP contribution in [-0.2, 0) is 11.3 Å². The lowest BCUT2D eigenvalue weighted by Crippen LogP contribution is -2.44. The molecule has 1 aromatic carbocycles. The van der Waals surface area contributed by atoms with Gasteiger partial charge in [-0.25, -0.2) is 0 Å². The molecule has 2 aliphatic heterocycles. The van der Waals surface area contributed by atoms with E-state index >= 15 is 0 Å². The van der Waals surface area contributed by atoms with Gasteiger partial charge in [0.2, 0.25) is 0 Å². The van der Waals surface area contributed by atoms with Crippen molar-refractivity contribution >= 4 is 22.8 Å². The van der Waals surface area contributed by atoms with E-state index in [9.17, 15) is 4.79 Å². The largest absolute Gasteiger partial charge is 0.373 e. The van der Waals surface area contributed by atoms with Gasteiger partial charge in [-0.3, -0.25) is 14.7 Å². The molecule has 2 heterocycles. The fourth-order valence-corrected chi connectivity index (χ4v) is 3.74. The zero-order valence-corrected chi connectivity index (χ0v) is 14.4. The first-order valence-corrected chi connectivity index (χ1v) is 9.04. The molecular formula is C17H23N3O2S. The summed E-state index contributed by atoms with van der Waals surface area (Å²) >= 11 is 1.59. The van der Waals surface area contributed by atoms with E-state index in [2.05, 4.69) is 29.1 Å². The topological polar surface area (TPSA) is 53.9 Å². The lowest BCUT2D eigenvalue weighted by atomic mass is 10.1. The Kier molecular flexibility index (Phi) is 5.35. The van der Waals surface area contributed by atoms with Crippen LogP contribution in [0.1, 0.15) is 29.8 Å². The van der Waals surface area contributed by atoms with Crippen molar-refractivity contribution in [1.29, 1.82) is 0 Å². The Morgan fingerprint density at radius 3 is 2.61 bits per heavy atom.